The number of likely N-dealkylation sites (tertiary alicyclic amines) is 1. The lowest BCUT2D eigenvalue weighted by molar-refractivity contribution is 0.0993. The predicted octanol–water partition coefficient (Wildman–Crippen LogP) is 6.66. The summed E-state index contributed by atoms with van der Waals surface area (Å²) in [6.07, 6.45) is 4.93. The molecule has 0 aromatic heterocycles. The Balaban J connectivity index is 1.42. The Morgan fingerprint density at radius 2 is 1.85 bits per heavy atom. The molecule has 5 rings (SSSR count). The monoisotopic (exact) mass is 450 g/mol. The van der Waals surface area contributed by atoms with E-state index in [1.54, 1.807) is 0 Å². The number of anilines is 1. The lowest BCUT2D eigenvalue weighted by atomic mass is 9.93. The Hall–Kier alpha value is -3.17. The van der Waals surface area contributed by atoms with Crippen LogP contribution in [0, 0.1) is 0 Å². The highest BCUT2D eigenvalue weighted by Gasteiger charge is 2.22. The van der Waals surface area contributed by atoms with Crippen molar-refractivity contribution >= 4 is 11.5 Å². The molecule has 2 aliphatic rings. The van der Waals surface area contributed by atoms with Gasteiger partial charge in [-0.15, -0.1) is 0 Å². The third-order valence-electron chi connectivity index (χ3n) is 7.61. The van der Waals surface area contributed by atoms with Gasteiger partial charge in [0, 0.05) is 43.0 Å². The van der Waals surface area contributed by atoms with E-state index in [0.29, 0.717) is 12.5 Å². The molecule has 0 bridgehead atoms. The zero-order valence-corrected chi connectivity index (χ0v) is 20.4. The first-order valence-corrected chi connectivity index (χ1v) is 12.5. The van der Waals surface area contributed by atoms with Gasteiger partial charge in [0.15, 0.2) is 5.78 Å². The first kappa shape index (κ1) is 22.6. The van der Waals surface area contributed by atoms with Crippen molar-refractivity contribution in [3.05, 3.63) is 101 Å². The van der Waals surface area contributed by atoms with Gasteiger partial charge in [-0.2, -0.15) is 0 Å². The highest BCUT2D eigenvalue weighted by molar-refractivity contribution is 5.98. The van der Waals surface area contributed by atoms with Crippen LogP contribution in [0.3, 0.4) is 0 Å². The fraction of sp³-hybridized carbons (Fsp3) is 0.323. The summed E-state index contributed by atoms with van der Waals surface area (Å²) in [6.45, 7) is 8.50. The van der Waals surface area contributed by atoms with Gasteiger partial charge in [-0.3, -0.25) is 9.69 Å². The average Bonchev–Trinajstić information content (AvgIpc) is 3.26. The van der Waals surface area contributed by atoms with Crippen LogP contribution in [-0.4, -0.2) is 30.3 Å². The van der Waals surface area contributed by atoms with E-state index in [0.717, 1.165) is 42.8 Å². The van der Waals surface area contributed by atoms with Crippen LogP contribution < -0.4 is 4.90 Å². The standard InChI is InChI=1S/C31H34N2O/c1-22-11-13-26-14-12-24(18-30(26)32(22)3)19-31(34)27-15-16-29(25-9-5-4-6-10-25)28(20-27)21-33-17-7-8-23(33)2/h4-6,9-10,12,14-16,18,20,23H,1,7-8,11,13,17,19,21H2,2-3H3/t23-/m1/s1. The molecule has 0 saturated carbocycles. The van der Waals surface area contributed by atoms with Crippen molar-refractivity contribution in [3.8, 4) is 11.1 Å². The smallest absolute Gasteiger partial charge is 0.167 e. The Labute approximate surface area is 203 Å². The number of fused-ring (bicyclic) bond motifs is 1. The van der Waals surface area contributed by atoms with Crippen LogP contribution in [0.15, 0.2) is 79.0 Å². The molecule has 0 unspecified atom stereocenters. The van der Waals surface area contributed by atoms with Crippen molar-refractivity contribution in [2.45, 2.75) is 51.6 Å². The number of carbonyl (C=O) groups is 1. The van der Waals surface area contributed by atoms with E-state index in [-0.39, 0.29) is 5.78 Å². The molecule has 1 atom stereocenters. The zero-order chi connectivity index (χ0) is 23.7. The number of ketones is 1. The molecule has 3 aromatic rings. The molecule has 0 spiro atoms. The molecule has 3 aromatic carbocycles. The molecule has 0 amide bonds. The second kappa shape index (κ2) is 9.60. The Kier molecular flexibility index (Phi) is 6.38. The first-order chi connectivity index (χ1) is 16.5. The van der Waals surface area contributed by atoms with Crippen LogP contribution in [-0.2, 0) is 19.4 Å². The summed E-state index contributed by atoms with van der Waals surface area (Å²) in [5, 5.41) is 0. The van der Waals surface area contributed by atoms with Gasteiger partial charge in [0.25, 0.3) is 0 Å². The SMILES string of the molecule is C=C1CCc2ccc(CC(=O)c3ccc(-c4ccccc4)c(CN4CCC[C@H]4C)c3)cc2N1C. The highest BCUT2D eigenvalue weighted by atomic mass is 16.1. The van der Waals surface area contributed by atoms with Crippen molar-refractivity contribution in [2.24, 2.45) is 0 Å². The molecule has 0 aliphatic carbocycles. The lowest BCUT2D eigenvalue weighted by Crippen LogP contribution is -2.26. The van der Waals surface area contributed by atoms with E-state index in [2.05, 4.69) is 91.0 Å². The van der Waals surface area contributed by atoms with Gasteiger partial charge in [-0.25, -0.2) is 0 Å². The number of aryl methyl sites for hydroxylation is 1. The zero-order valence-electron chi connectivity index (χ0n) is 20.4. The predicted molar refractivity (Wildman–Crippen MR) is 141 cm³/mol. The molecule has 3 nitrogen and oxygen atoms in total. The topological polar surface area (TPSA) is 23.6 Å². The number of Topliss-reactive ketones (excluding diaryl/α,β-unsaturated/α-hetero) is 1. The number of allylic oxidation sites excluding steroid dienone is 1. The Morgan fingerprint density at radius 1 is 1.03 bits per heavy atom. The van der Waals surface area contributed by atoms with E-state index in [1.807, 2.05) is 6.07 Å². The van der Waals surface area contributed by atoms with Gasteiger partial charge in [0.2, 0.25) is 0 Å². The van der Waals surface area contributed by atoms with Crippen molar-refractivity contribution in [1.82, 2.24) is 4.90 Å². The molecular formula is C31H34N2O. The van der Waals surface area contributed by atoms with Crippen LogP contribution in [0.25, 0.3) is 11.1 Å². The van der Waals surface area contributed by atoms with Crippen LogP contribution in [0.1, 0.15) is 53.2 Å². The van der Waals surface area contributed by atoms with Crippen molar-refractivity contribution < 1.29 is 4.79 Å². The van der Waals surface area contributed by atoms with Gasteiger partial charge < -0.3 is 4.90 Å². The van der Waals surface area contributed by atoms with Crippen LogP contribution >= 0.6 is 0 Å². The third-order valence-corrected chi connectivity index (χ3v) is 7.61. The Bertz CT molecular complexity index is 1210. The van der Waals surface area contributed by atoms with Gasteiger partial charge in [0.1, 0.15) is 0 Å². The molecule has 174 valence electrons. The molecule has 0 N–H and O–H groups in total. The number of rotatable bonds is 6. The average molecular weight is 451 g/mol. The Morgan fingerprint density at radius 3 is 2.62 bits per heavy atom. The van der Waals surface area contributed by atoms with E-state index in [1.165, 1.54) is 40.8 Å². The summed E-state index contributed by atoms with van der Waals surface area (Å²) < 4.78 is 0. The summed E-state index contributed by atoms with van der Waals surface area (Å²) in [5.41, 5.74) is 9.20. The maximum Gasteiger partial charge on any atom is 0.167 e. The van der Waals surface area contributed by atoms with Crippen LogP contribution in [0.4, 0.5) is 5.69 Å². The van der Waals surface area contributed by atoms with E-state index in [4.69, 9.17) is 0 Å². The second-order valence-electron chi connectivity index (χ2n) is 9.89. The molecule has 1 saturated heterocycles. The molecule has 34 heavy (non-hydrogen) atoms. The van der Waals surface area contributed by atoms with Crippen molar-refractivity contribution in [1.29, 1.82) is 0 Å². The summed E-state index contributed by atoms with van der Waals surface area (Å²) in [5.74, 6) is 0.174. The van der Waals surface area contributed by atoms with E-state index < -0.39 is 0 Å². The number of nitrogens with zero attached hydrogens (tertiary/aromatic N) is 2. The van der Waals surface area contributed by atoms with Gasteiger partial charge in [-0.1, -0.05) is 61.2 Å². The van der Waals surface area contributed by atoms with E-state index in [9.17, 15) is 4.79 Å². The number of hydrogen-bond acceptors (Lipinski definition) is 3. The fourth-order valence-corrected chi connectivity index (χ4v) is 5.39. The maximum atomic E-state index is 13.4. The minimum atomic E-state index is 0.174. The number of hydrogen-bond donors (Lipinski definition) is 0. The number of benzene rings is 3. The second-order valence-corrected chi connectivity index (χ2v) is 9.89. The molecule has 1 fully saturated rings. The number of carbonyl (C=O) groups excluding carboxylic acids is 1. The summed E-state index contributed by atoms with van der Waals surface area (Å²) >= 11 is 0. The van der Waals surface area contributed by atoms with Crippen LogP contribution in [0.5, 0.6) is 0 Å². The summed E-state index contributed by atoms with van der Waals surface area (Å²) in [4.78, 5) is 18.1. The molecule has 3 heteroatoms. The molecule has 0 radical (unpaired) electrons. The highest BCUT2D eigenvalue weighted by Crippen LogP contribution is 2.32. The summed E-state index contributed by atoms with van der Waals surface area (Å²) in [7, 11) is 2.07. The first-order valence-electron chi connectivity index (χ1n) is 12.5. The van der Waals surface area contributed by atoms with Crippen molar-refractivity contribution in [2.75, 3.05) is 18.5 Å². The van der Waals surface area contributed by atoms with Crippen molar-refractivity contribution in [3.63, 3.8) is 0 Å². The summed E-state index contributed by atoms with van der Waals surface area (Å²) in [6, 6.07) is 23.9. The molecule has 2 aliphatic heterocycles. The minimum absolute atomic E-state index is 0.174. The minimum Gasteiger partial charge on any atom is -0.349 e. The largest absolute Gasteiger partial charge is 0.349 e. The van der Waals surface area contributed by atoms with Gasteiger partial charge in [-0.05, 0) is 79.1 Å². The molecule has 2 heterocycles. The fourth-order valence-electron chi connectivity index (χ4n) is 5.39. The van der Waals surface area contributed by atoms with Crippen LogP contribution in [0.2, 0.25) is 0 Å². The normalized spacial score (nSPS) is 18.2. The van der Waals surface area contributed by atoms with Gasteiger partial charge in [0.05, 0.1) is 0 Å². The maximum absolute atomic E-state index is 13.4. The lowest BCUT2D eigenvalue weighted by Gasteiger charge is -2.30. The van der Waals surface area contributed by atoms with Gasteiger partial charge >= 0.3 is 0 Å². The quantitative estimate of drug-likeness (QED) is 0.392. The third kappa shape index (κ3) is 4.58. The van der Waals surface area contributed by atoms with E-state index >= 15 is 0 Å². The molecular weight excluding hydrogens is 416 g/mol.